The van der Waals surface area contributed by atoms with Gasteiger partial charge in [0.05, 0.1) is 12.1 Å². The molecule has 1 aromatic heterocycles. The Labute approximate surface area is 107 Å². The van der Waals surface area contributed by atoms with Gasteiger partial charge >= 0.3 is 0 Å². The van der Waals surface area contributed by atoms with Crippen molar-refractivity contribution in [2.45, 2.75) is 5.88 Å². The molecule has 1 aromatic carbocycles. The van der Waals surface area contributed by atoms with Gasteiger partial charge in [-0.25, -0.2) is 0 Å². The van der Waals surface area contributed by atoms with E-state index in [4.69, 9.17) is 16.3 Å². The topological polar surface area (TPSA) is 22.1 Å². The highest BCUT2D eigenvalue weighted by Gasteiger charge is 2.04. The van der Waals surface area contributed by atoms with Crippen LogP contribution in [0.25, 0.3) is 0 Å². The van der Waals surface area contributed by atoms with E-state index in [9.17, 15) is 0 Å². The molecule has 0 saturated heterocycles. The molecule has 0 amide bonds. The molecule has 0 bridgehead atoms. The fraction of sp³-hybridized carbons (Fsp3) is 0.0833. The standard InChI is InChI=1S/C12H9BrClNO/c13-10-4-3-9(7-14)12(6-10)16-11-2-1-5-15-8-11/h1-6,8H,7H2. The molecule has 16 heavy (non-hydrogen) atoms. The number of hydrogen-bond donors (Lipinski definition) is 0. The van der Waals surface area contributed by atoms with Crippen molar-refractivity contribution in [3.8, 4) is 11.5 Å². The third-order valence-electron chi connectivity index (χ3n) is 2.04. The maximum absolute atomic E-state index is 5.84. The van der Waals surface area contributed by atoms with Crippen LogP contribution in [0.5, 0.6) is 11.5 Å². The summed E-state index contributed by atoms with van der Waals surface area (Å²) in [7, 11) is 0. The van der Waals surface area contributed by atoms with Gasteiger partial charge in [-0.1, -0.05) is 22.0 Å². The summed E-state index contributed by atoms with van der Waals surface area (Å²) in [5, 5.41) is 0. The number of alkyl halides is 1. The molecule has 4 heteroatoms. The zero-order chi connectivity index (χ0) is 11.4. The second-order valence-electron chi connectivity index (χ2n) is 3.18. The van der Waals surface area contributed by atoms with Crippen molar-refractivity contribution in [3.63, 3.8) is 0 Å². The number of nitrogens with zero attached hydrogens (tertiary/aromatic N) is 1. The Kier molecular flexibility index (Phi) is 3.80. The van der Waals surface area contributed by atoms with Crippen molar-refractivity contribution in [3.05, 3.63) is 52.8 Å². The zero-order valence-electron chi connectivity index (χ0n) is 8.36. The first-order valence-electron chi connectivity index (χ1n) is 4.72. The molecule has 0 spiro atoms. The average molecular weight is 299 g/mol. The highest BCUT2D eigenvalue weighted by Crippen LogP contribution is 2.29. The minimum atomic E-state index is 0.420. The Balaban J connectivity index is 2.30. The summed E-state index contributed by atoms with van der Waals surface area (Å²) in [5.41, 5.74) is 0.953. The van der Waals surface area contributed by atoms with Crippen LogP contribution < -0.4 is 4.74 Å². The second kappa shape index (κ2) is 5.32. The minimum Gasteiger partial charge on any atom is -0.455 e. The lowest BCUT2D eigenvalue weighted by atomic mass is 10.2. The number of pyridine rings is 1. The summed E-state index contributed by atoms with van der Waals surface area (Å²) in [6, 6.07) is 9.45. The fourth-order valence-corrected chi connectivity index (χ4v) is 1.83. The summed E-state index contributed by atoms with van der Waals surface area (Å²) in [6.07, 6.45) is 3.37. The van der Waals surface area contributed by atoms with Gasteiger partial charge in [-0.05, 0) is 24.3 Å². The van der Waals surface area contributed by atoms with E-state index in [1.807, 2.05) is 30.3 Å². The van der Waals surface area contributed by atoms with Crippen LogP contribution in [0.1, 0.15) is 5.56 Å². The molecule has 0 N–H and O–H groups in total. The summed E-state index contributed by atoms with van der Waals surface area (Å²) in [4.78, 5) is 3.99. The Morgan fingerprint density at radius 3 is 2.88 bits per heavy atom. The van der Waals surface area contributed by atoms with Gasteiger partial charge < -0.3 is 4.74 Å². The number of hydrogen-bond acceptors (Lipinski definition) is 2. The first kappa shape index (κ1) is 11.4. The Hall–Kier alpha value is -1.06. The maximum atomic E-state index is 5.84. The van der Waals surface area contributed by atoms with Gasteiger partial charge in [-0.3, -0.25) is 4.98 Å². The van der Waals surface area contributed by atoms with E-state index in [0.717, 1.165) is 15.8 Å². The van der Waals surface area contributed by atoms with Crippen molar-refractivity contribution in [2.24, 2.45) is 0 Å². The van der Waals surface area contributed by atoms with Gasteiger partial charge in [0.15, 0.2) is 0 Å². The Morgan fingerprint density at radius 1 is 1.31 bits per heavy atom. The van der Waals surface area contributed by atoms with Crippen molar-refractivity contribution < 1.29 is 4.74 Å². The first-order chi connectivity index (χ1) is 7.79. The molecular formula is C12H9BrClNO. The van der Waals surface area contributed by atoms with Crippen molar-refractivity contribution >= 4 is 27.5 Å². The smallest absolute Gasteiger partial charge is 0.145 e. The van der Waals surface area contributed by atoms with Gasteiger partial charge in [0.2, 0.25) is 0 Å². The molecule has 0 aliphatic heterocycles. The molecule has 82 valence electrons. The Bertz CT molecular complexity index is 476. The number of benzene rings is 1. The monoisotopic (exact) mass is 297 g/mol. The van der Waals surface area contributed by atoms with Crippen LogP contribution in [0.4, 0.5) is 0 Å². The van der Waals surface area contributed by atoms with Crippen LogP contribution in [0, 0.1) is 0 Å². The summed E-state index contributed by atoms with van der Waals surface area (Å²) < 4.78 is 6.66. The largest absolute Gasteiger partial charge is 0.455 e. The highest BCUT2D eigenvalue weighted by atomic mass is 79.9. The van der Waals surface area contributed by atoms with Crippen molar-refractivity contribution in [1.82, 2.24) is 4.98 Å². The van der Waals surface area contributed by atoms with Crippen LogP contribution in [0.2, 0.25) is 0 Å². The molecule has 0 radical (unpaired) electrons. The van der Waals surface area contributed by atoms with Crippen LogP contribution in [0.15, 0.2) is 47.2 Å². The van der Waals surface area contributed by atoms with Gasteiger partial charge in [0.1, 0.15) is 11.5 Å². The zero-order valence-corrected chi connectivity index (χ0v) is 10.7. The van der Waals surface area contributed by atoms with Crippen molar-refractivity contribution in [2.75, 3.05) is 0 Å². The molecular weight excluding hydrogens is 289 g/mol. The van der Waals surface area contributed by atoms with E-state index in [2.05, 4.69) is 20.9 Å². The van der Waals surface area contributed by atoms with Crippen molar-refractivity contribution in [1.29, 1.82) is 0 Å². The van der Waals surface area contributed by atoms with E-state index in [-0.39, 0.29) is 0 Å². The molecule has 1 heterocycles. The average Bonchev–Trinajstić information content (AvgIpc) is 2.31. The predicted octanol–water partition coefficient (Wildman–Crippen LogP) is 4.38. The third-order valence-corrected chi connectivity index (χ3v) is 2.82. The van der Waals surface area contributed by atoms with Crippen LogP contribution in [-0.4, -0.2) is 4.98 Å². The number of halogens is 2. The lowest BCUT2D eigenvalue weighted by molar-refractivity contribution is 0.475. The first-order valence-corrected chi connectivity index (χ1v) is 6.04. The molecule has 0 saturated carbocycles. The van der Waals surface area contributed by atoms with E-state index >= 15 is 0 Å². The van der Waals surface area contributed by atoms with Crippen LogP contribution >= 0.6 is 27.5 Å². The molecule has 2 nitrogen and oxygen atoms in total. The summed E-state index contributed by atoms with van der Waals surface area (Å²) in [6.45, 7) is 0. The van der Waals surface area contributed by atoms with E-state index in [1.165, 1.54) is 0 Å². The highest BCUT2D eigenvalue weighted by molar-refractivity contribution is 9.10. The fourth-order valence-electron chi connectivity index (χ4n) is 1.27. The molecule has 0 unspecified atom stereocenters. The van der Waals surface area contributed by atoms with E-state index in [0.29, 0.717) is 11.6 Å². The van der Waals surface area contributed by atoms with E-state index in [1.54, 1.807) is 12.4 Å². The molecule has 0 atom stereocenters. The van der Waals surface area contributed by atoms with Crippen LogP contribution in [0.3, 0.4) is 0 Å². The van der Waals surface area contributed by atoms with Crippen LogP contribution in [-0.2, 0) is 5.88 Å². The molecule has 2 rings (SSSR count). The molecule has 2 aromatic rings. The Morgan fingerprint density at radius 2 is 2.19 bits per heavy atom. The van der Waals surface area contributed by atoms with E-state index < -0.39 is 0 Å². The normalized spacial score (nSPS) is 10.1. The SMILES string of the molecule is ClCc1ccc(Br)cc1Oc1cccnc1. The quantitative estimate of drug-likeness (QED) is 0.785. The molecule has 0 aliphatic rings. The number of rotatable bonds is 3. The lowest BCUT2D eigenvalue weighted by Crippen LogP contribution is -1.90. The van der Waals surface area contributed by atoms with Gasteiger partial charge in [-0.2, -0.15) is 0 Å². The lowest BCUT2D eigenvalue weighted by Gasteiger charge is -2.09. The third kappa shape index (κ3) is 2.74. The second-order valence-corrected chi connectivity index (χ2v) is 4.36. The number of aromatic nitrogens is 1. The minimum absolute atomic E-state index is 0.420. The maximum Gasteiger partial charge on any atom is 0.145 e. The van der Waals surface area contributed by atoms with Gasteiger partial charge in [0, 0.05) is 16.2 Å². The molecule has 0 fully saturated rings. The number of ether oxygens (including phenoxy) is 1. The van der Waals surface area contributed by atoms with Gasteiger partial charge in [-0.15, -0.1) is 11.6 Å². The predicted molar refractivity (Wildman–Crippen MR) is 68.0 cm³/mol. The summed E-state index contributed by atoms with van der Waals surface area (Å²) in [5.74, 6) is 1.87. The van der Waals surface area contributed by atoms with Gasteiger partial charge in [0.25, 0.3) is 0 Å². The summed E-state index contributed by atoms with van der Waals surface area (Å²) >= 11 is 9.24. The molecule has 0 aliphatic carbocycles.